The van der Waals surface area contributed by atoms with Gasteiger partial charge < -0.3 is 10.2 Å². The van der Waals surface area contributed by atoms with Crippen LogP contribution in [0.15, 0.2) is 60.2 Å². The zero-order valence-corrected chi connectivity index (χ0v) is 17.5. The third-order valence-electron chi connectivity index (χ3n) is 5.52. The van der Waals surface area contributed by atoms with Gasteiger partial charge in [0.2, 0.25) is 0 Å². The Morgan fingerprint density at radius 1 is 1.26 bits per heavy atom. The number of anilines is 1. The molecule has 1 N–H and O–H groups in total. The van der Waals surface area contributed by atoms with Gasteiger partial charge in [-0.1, -0.05) is 30.3 Å². The number of carbonyl (C=O) groups excluding carboxylic acids is 1. The number of carbonyl (C=O) groups is 1. The highest BCUT2D eigenvalue weighted by atomic mass is 32.1. The molecule has 4 aromatic rings. The molecule has 0 radical (unpaired) electrons. The van der Waals surface area contributed by atoms with E-state index in [0.29, 0.717) is 19.5 Å². The van der Waals surface area contributed by atoms with Crippen LogP contribution >= 0.6 is 11.3 Å². The second-order valence-electron chi connectivity index (χ2n) is 7.59. The molecule has 5 rings (SSSR count). The van der Waals surface area contributed by atoms with Gasteiger partial charge in [0, 0.05) is 47.9 Å². The summed E-state index contributed by atoms with van der Waals surface area (Å²) in [4.78, 5) is 19.0. The van der Waals surface area contributed by atoms with Crippen LogP contribution in [0.2, 0.25) is 0 Å². The molecule has 156 valence electrons. The molecule has 1 saturated heterocycles. The van der Waals surface area contributed by atoms with Gasteiger partial charge in [-0.05, 0) is 24.1 Å². The van der Waals surface area contributed by atoms with E-state index in [-0.39, 0.29) is 17.5 Å². The molecule has 3 heterocycles. The van der Waals surface area contributed by atoms with Gasteiger partial charge in [-0.3, -0.25) is 4.79 Å². The van der Waals surface area contributed by atoms with Crippen molar-refractivity contribution in [3.05, 3.63) is 82.9 Å². The number of rotatable bonds is 5. The zero-order chi connectivity index (χ0) is 21.2. The van der Waals surface area contributed by atoms with Crippen molar-refractivity contribution in [1.82, 2.24) is 20.1 Å². The van der Waals surface area contributed by atoms with Crippen molar-refractivity contribution >= 4 is 33.1 Å². The maximum absolute atomic E-state index is 14.6. The summed E-state index contributed by atoms with van der Waals surface area (Å²) in [6.07, 6.45) is 4.75. The van der Waals surface area contributed by atoms with Crippen LogP contribution in [0, 0.1) is 5.82 Å². The zero-order valence-electron chi connectivity index (χ0n) is 16.7. The van der Waals surface area contributed by atoms with Crippen LogP contribution in [0.5, 0.6) is 0 Å². The second kappa shape index (κ2) is 8.39. The fraction of sp³-hybridized carbons (Fsp3) is 0.217. The van der Waals surface area contributed by atoms with Crippen molar-refractivity contribution in [1.29, 1.82) is 0 Å². The van der Waals surface area contributed by atoms with Crippen molar-refractivity contribution in [3.8, 4) is 0 Å². The van der Waals surface area contributed by atoms with Gasteiger partial charge in [0.25, 0.3) is 5.91 Å². The molecule has 0 unspecified atom stereocenters. The highest BCUT2D eigenvalue weighted by Gasteiger charge is 2.29. The molecule has 1 atom stereocenters. The van der Waals surface area contributed by atoms with E-state index in [1.54, 1.807) is 29.4 Å². The molecule has 1 fully saturated rings. The van der Waals surface area contributed by atoms with Crippen LogP contribution in [0.4, 0.5) is 9.52 Å². The van der Waals surface area contributed by atoms with Gasteiger partial charge in [0.1, 0.15) is 5.82 Å². The van der Waals surface area contributed by atoms with Crippen molar-refractivity contribution in [2.24, 2.45) is 0 Å². The number of benzene rings is 2. The lowest BCUT2D eigenvalue weighted by molar-refractivity contribution is 0.0787. The number of nitrogens with one attached hydrogen (secondary N) is 1. The van der Waals surface area contributed by atoms with Crippen molar-refractivity contribution in [3.63, 3.8) is 0 Å². The van der Waals surface area contributed by atoms with E-state index in [1.807, 2.05) is 29.6 Å². The number of hydrogen-bond donors (Lipinski definition) is 1. The van der Waals surface area contributed by atoms with E-state index in [0.717, 1.165) is 33.6 Å². The Balaban J connectivity index is 1.34. The fourth-order valence-electron chi connectivity index (χ4n) is 3.96. The molecular formula is C23H20FN5OS. The minimum absolute atomic E-state index is 0.0978. The van der Waals surface area contributed by atoms with E-state index in [2.05, 4.69) is 20.5 Å². The Morgan fingerprint density at radius 3 is 3.03 bits per heavy atom. The molecule has 0 saturated carbocycles. The summed E-state index contributed by atoms with van der Waals surface area (Å²) < 4.78 is 14.6. The fourth-order valence-corrected chi connectivity index (χ4v) is 4.57. The summed E-state index contributed by atoms with van der Waals surface area (Å²) >= 11 is 1.53. The number of nitrogens with zero attached hydrogens (tertiary/aromatic N) is 4. The number of thiazole rings is 1. The first kappa shape index (κ1) is 19.6. The molecule has 0 bridgehead atoms. The minimum Gasteiger partial charge on any atom is -0.357 e. The topological polar surface area (TPSA) is 71.0 Å². The Labute approximate surface area is 182 Å². The first-order valence-corrected chi connectivity index (χ1v) is 11.0. The van der Waals surface area contributed by atoms with Gasteiger partial charge in [-0.25, -0.2) is 9.37 Å². The van der Waals surface area contributed by atoms with Crippen molar-refractivity contribution in [2.45, 2.75) is 18.9 Å². The first-order valence-electron chi connectivity index (χ1n) is 10.1. The third-order valence-corrected chi connectivity index (χ3v) is 6.22. The lowest BCUT2D eigenvalue weighted by Gasteiger charge is -2.18. The van der Waals surface area contributed by atoms with E-state index in [9.17, 15) is 9.18 Å². The average Bonchev–Trinajstić information content (AvgIpc) is 3.48. The Morgan fingerprint density at radius 2 is 2.16 bits per heavy atom. The average molecular weight is 434 g/mol. The molecule has 6 nitrogen and oxygen atoms in total. The maximum atomic E-state index is 14.6. The smallest absolute Gasteiger partial charge is 0.256 e. The summed E-state index contributed by atoms with van der Waals surface area (Å²) in [5.74, 6) is -0.791. The van der Waals surface area contributed by atoms with Gasteiger partial charge in [-0.2, -0.15) is 10.2 Å². The number of aromatic nitrogens is 3. The quantitative estimate of drug-likeness (QED) is 0.512. The van der Waals surface area contributed by atoms with Crippen LogP contribution in [0.25, 0.3) is 10.8 Å². The number of hydrogen-bond acceptors (Lipinski definition) is 6. The highest BCUT2D eigenvalue weighted by molar-refractivity contribution is 7.13. The molecule has 8 heteroatoms. The van der Waals surface area contributed by atoms with E-state index < -0.39 is 5.82 Å². The van der Waals surface area contributed by atoms with Crippen LogP contribution in [-0.2, 0) is 6.42 Å². The molecule has 1 aliphatic rings. The SMILES string of the molecule is O=C(c1cc(Cc2nncc3ccccc23)ccc1F)N1CC[C@@H](Nc2nccs2)C1. The Hall–Kier alpha value is -3.39. The number of likely N-dealkylation sites (tertiary alicyclic amines) is 1. The van der Waals surface area contributed by atoms with E-state index in [4.69, 9.17) is 0 Å². The van der Waals surface area contributed by atoms with Crippen LogP contribution in [-0.4, -0.2) is 45.1 Å². The monoisotopic (exact) mass is 433 g/mol. The molecule has 1 amide bonds. The number of halogens is 1. The van der Waals surface area contributed by atoms with Gasteiger partial charge in [0.15, 0.2) is 5.13 Å². The van der Waals surface area contributed by atoms with Crippen LogP contribution < -0.4 is 5.32 Å². The molecule has 31 heavy (non-hydrogen) atoms. The third kappa shape index (κ3) is 4.11. The summed E-state index contributed by atoms with van der Waals surface area (Å²) in [5.41, 5.74) is 1.73. The Bertz CT molecular complexity index is 1220. The van der Waals surface area contributed by atoms with Crippen LogP contribution in [0.1, 0.15) is 28.0 Å². The lowest BCUT2D eigenvalue weighted by Crippen LogP contribution is -2.32. The predicted octanol–water partition coefficient (Wildman–Crippen LogP) is 4.14. The second-order valence-corrected chi connectivity index (χ2v) is 8.48. The standard InChI is InChI=1S/C23H20FN5OS/c24-20-6-5-15(12-21-18-4-2-1-3-16(18)13-26-28-21)11-19(20)22(30)29-9-7-17(14-29)27-23-25-8-10-31-23/h1-6,8,10-11,13,17H,7,9,12,14H2,(H,25,27)/t17-/m1/s1. The van der Waals surface area contributed by atoms with Gasteiger partial charge in [0.05, 0.1) is 17.5 Å². The van der Waals surface area contributed by atoms with E-state index in [1.165, 1.54) is 17.4 Å². The maximum Gasteiger partial charge on any atom is 0.256 e. The molecule has 0 spiro atoms. The lowest BCUT2D eigenvalue weighted by atomic mass is 10.0. The largest absolute Gasteiger partial charge is 0.357 e. The molecule has 2 aromatic carbocycles. The molecular weight excluding hydrogens is 413 g/mol. The van der Waals surface area contributed by atoms with Crippen molar-refractivity contribution in [2.75, 3.05) is 18.4 Å². The number of fused-ring (bicyclic) bond motifs is 1. The summed E-state index contributed by atoms with van der Waals surface area (Å²) in [5, 5.41) is 16.4. The van der Waals surface area contributed by atoms with Gasteiger partial charge in [-0.15, -0.1) is 11.3 Å². The minimum atomic E-state index is -0.505. The van der Waals surface area contributed by atoms with Crippen LogP contribution in [0.3, 0.4) is 0 Å². The highest BCUT2D eigenvalue weighted by Crippen LogP contribution is 2.23. The normalized spacial score (nSPS) is 16.0. The summed E-state index contributed by atoms with van der Waals surface area (Å²) in [7, 11) is 0. The van der Waals surface area contributed by atoms with Gasteiger partial charge >= 0.3 is 0 Å². The molecule has 1 aliphatic heterocycles. The molecule has 0 aliphatic carbocycles. The van der Waals surface area contributed by atoms with Crippen molar-refractivity contribution < 1.29 is 9.18 Å². The van der Waals surface area contributed by atoms with E-state index >= 15 is 0 Å². The molecule has 2 aromatic heterocycles. The Kier molecular flexibility index (Phi) is 5.30. The first-order chi connectivity index (χ1) is 15.2. The summed E-state index contributed by atoms with van der Waals surface area (Å²) in [6.45, 7) is 1.11. The predicted molar refractivity (Wildman–Crippen MR) is 119 cm³/mol. The number of amides is 1. The summed E-state index contributed by atoms with van der Waals surface area (Å²) in [6, 6.07) is 12.7.